The number of nitrogens with two attached hydrogens (primary N) is 1. The van der Waals surface area contributed by atoms with E-state index in [1.807, 2.05) is 55.6 Å². The molecule has 0 aliphatic carbocycles. The molecule has 0 saturated heterocycles. The number of anilines is 1. The number of hydrogen-bond acceptors (Lipinski definition) is 4. The predicted octanol–water partition coefficient (Wildman–Crippen LogP) is 2.22. The zero-order chi connectivity index (χ0) is 13.2. The Kier molecular flexibility index (Phi) is 2.72. The molecule has 0 atom stereocenters. The lowest BCUT2D eigenvalue weighted by Crippen LogP contribution is -2.01. The lowest BCUT2D eigenvalue weighted by atomic mass is 10.1. The maximum atomic E-state index is 5.72. The molecular weight excluding hydrogens is 238 g/mol. The number of aromatic nitrogens is 4. The largest absolute Gasteiger partial charge is 0.382 e. The summed E-state index contributed by atoms with van der Waals surface area (Å²) in [7, 11) is 0. The van der Waals surface area contributed by atoms with Gasteiger partial charge in [-0.2, -0.15) is 0 Å². The molecule has 0 amide bonds. The van der Waals surface area contributed by atoms with Crippen LogP contribution in [0.5, 0.6) is 0 Å². The van der Waals surface area contributed by atoms with E-state index in [2.05, 4.69) is 15.3 Å². The van der Waals surface area contributed by atoms with Crippen molar-refractivity contribution in [3.8, 4) is 17.1 Å². The van der Waals surface area contributed by atoms with Gasteiger partial charge in [0.15, 0.2) is 5.82 Å². The van der Waals surface area contributed by atoms with Crippen LogP contribution in [0.4, 0.5) is 5.82 Å². The van der Waals surface area contributed by atoms with Crippen molar-refractivity contribution >= 4 is 5.82 Å². The summed E-state index contributed by atoms with van der Waals surface area (Å²) < 4.78 is 1.63. The summed E-state index contributed by atoms with van der Waals surface area (Å²) in [4.78, 5) is 0. The van der Waals surface area contributed by atoms with Gasteiger partial charge < -0.3 is 5.73 Å². The van der Waals surface area contributed by atoms with E-state index in [4.69, 9.17) is 5.73 Å². The maximum absolute atomic E-state index is 5.72. The van der Waals surface area contributed by atoms with Gasteiger partial charge in [0.25, 0.3) is 0 Å². The molecule has 0 bridgehead atoms. The highest BCUT2D eigenvalue weighted by atomic mass is 15.3. The van der Waals surface area contributed by atoms with E-state index in [1.54, 1.807) is 4.68 Å². The SMILES string of the molecule is Cc1cn(-c2ccc(-c3ccccc3)nn2)nc1N. The van der Waals surface area contributed by atoms with Gasteiger partial charge in [0.2, 0.25) is 0 Å². The quantitative estimate of drug-likeness (QED) is 0.758. The average Bonchev–Trinajstić information content (AvgIpc) is 2.80. The van der Waals surface area contributed by atoms with E-state index in [0.717, 1.165) is 16.8 Å². The van der Waals surface area contributed by atoms with Crippen LogP contribution in [0.3, 0.4) is 0 Å². The van der Waals surface area contributed by atoms with Gasteiger partial charge in [-0.25, -0.2) is 4.68 Å². The molecule has 3 aromatic rings. The van der Waals surface area contributed by atoms with Crippen LogP contribution in [0, 0.1) is 6.92 Å². The molecule has 1 aromatic carbocycles. The molecule has 3 rings (SSSR count). The smallest absolute Gasteiger partial charge is 0.175 e. The molecule has 0 unspecified atom stereocenters. The fourth-order valence-corrected chi connectivity index (χ4v) is 1.80. The first-order chi connectivity index (χ1) is 9.24. The van der Waals surface area contributed by atoms with Gasteiger partial charge in [-0.15, -0.1) is 15.3 Å². The number of benzene rings is 1. The molecule has 2 heterocycles. The van der Waals surface area contributed by atoms with E-state index < -0.39 is 0 Å². The lowest BCUT2D eigenvalue weighted by molar-refractivity contribution is 0.819. The van der Waals surface area contributed by atoms with Crippen LogP contribution < -0.4 is 5.73 Å². The Morgan fingerprint density at radius 2 is 1.79 bits per heavy atom. The molecule has 2 aromatic heterocycles. The van der Waals surface area contributed by atoms with Crippen LogP contribution in [-0.4, -0.2) is 20.0 Å². The summed E-state index contributed by atoms with van der Waals surface area (Å²) in [6, 6.07) is 13.7. The fourth-order valence-electron chi connectivity index (χ4n) is 1.80. The fraction of sp³-hybridized carbons (Fsp3) is 0.0714. The third-order valence-electron chi connectivity index (χ3n) is 2.89. The molecule has 19 heavy (non-hydrogen) atoms. The first kappa shape index (κ1) is 11.4. The van der Waals surface area contributed by atoms with E-state index in [0.29, 0.717) is 11.6 Å². The summed E-state index contributed by atoms with van der Waals surface area (Å²) in [6.45, 7) is 1.91. The Hall–Kier alpha value is -2.69. The predicted molar refractivity (Wildman–Crippen MR) is 73.7 cm³/mol. The molecular formula is C14H13N5. The molecule has 94 valence electrons. The Bertz CT molecular complexity index is 666. The van der Waals surface area contributed by atoms with Crippen molar-refractivity contribution < 1.29 is 0 Å². The second kappa shape index (κ2) is 4.53. The minimum absolute atomic E-state index is 0.508. The van der Waals surface area contributed by atoms with E-state index in [9.17, 15) is 0 Å². The van der Waals surface area contributed by atoms with Crippen molar-refractivity contribution in [3.63, 3.8) is 0 Å². The van der Waals surface area contributed by atoms with Crippen molar-refractivity contribution in [1.29, 1.82) is 0 Å². The monoisotopic (exact) mass is 251 g/mol. The van der Waals surface area contributed by atoms with E-state index >= 15 is 0 Å². The van der Waals surface area contributed by atoms with E-state index in [1.165, 1.54) is 0 Å². The van der Waals surface area contributed by atoms with Gasteiger partial charge in [0.1, 0.15) is 5.82 Å². The summed E-state index contributed by atoms with van der Waals surface area (Å²) in [6.07, 6.45) is 1.83. The normalized spacial score (nSPS) is 10.6. The Morgan fingerprint density at radius 1 is 1.00 bits per heavy atom. The molecule has 0 aliphatic heterocycles. The Balaban J connectivity index is 1.95. The zero-order valence-electron chi connectivity index (χ0n) is 10.5. The molecule has 0 aliphatic rings. The van der Waals surface area contributed by atoms with Crippen LogP contribution in [0.1, 0.15) is 5.56 Å². The summed E-state index contributed by atoms with van der Waals surface area (Å²) in [5.74, 6) is 1.16. The van der Waals surface area contributed by atoms with Gasteiger partial charge >= 0.3 is 0 Å². The maximum Gasteiger partial charge on any atom is 0.175 e. The zero-order valence-corrected chi connectivity index (χ0v) is 10.5. The van der Waals surface area contributed by atoms with Crippen molar-refractivity contribution in [1.82, 2.24) is 20.0 Å². The number of hydrogen-bond donors (Lipinski definition) is 1. The van der Waals surface area contributed by atoms with Crippen molar-refractivity contribution in [3.05, 3.63) is 54.2 Å². The second-order valence-corrected chi connectivity index (χ2v) is 4.28. The number of rotatable bonds is 2. The minimum atomic E-state index is 0.508. The third-order valence-corrected chi connectivity index (χ3v) is 2.89. The van der Waals surface area contributed by atoms with Gasteiger partial charge in [0.05, 0.1) is 5.69 Å². The highest BCUT2D eigenvalue weighted by molar-refractivity contribution is 5.58. The Labute approximate surface area is 110 Å². The van der Waals surface area contributed by atoms with Crippen LogP contribution >= 0.6 is 0 Å². The molecule has 5 heteroatoms. The van der Waals surface area contributed by atoms with Crippen LogP contribution in [0.2, 0.25) is 0 Å². The standard InChI is InChI=1S/C14H13N5/c1-10-9-19(18-14(10)15)13-8-7-12(16-17-13)11-5-3-2-4-6-11/h2-9H,1H3,(H2,15,18). The average molecular weight is 251 g/mol. The topological polar surface area (TPSA) is 69.6 Å². The van der Waals surface area contributed by atoms with Gasteiger partial charge in [0, 0.05) is 17.3 Å². The van der Waals surface area contributed by atoms with Crippen molar-refractivity contribution in [2.75, 3.05) is 5.73 Å². The summed E-state index contributed by atoms with van der Waals surface area (Å²) >= 11 is 0. The van der Waals surface area contributed by atoms with Gasteiger partial charge in [-0.05, 0) is 19.1 Å². The highest BCUT2D eigenvalue weighted by Gasteiger charge is 2.05. The highest BCUT2D eigenvalue weighted by Crippen LogP contribution is 2.16. The summed E-state index contributed by atoms with van der Waals surface area (Å²) in [5, 5.41) is 12.6. The summed E-state index contributed by atoms with van der Waals surface area (Å²) in [5.41, 5.74) is 8.52. The molecule has 0 saturated carbocycles. The van der Waals surface area contributed by atoms with Crippen molar-refractivity contribution in [2.24, 2.45) is 0 Å². The van der Waals surface area contributed by atoms with E-state index in [-0.39, 0.29) is 0 Å². The molecule has 2 N–H and O–H groups in total. The molecule has 0 spiro atoms. The number of nitrogen functional groups attached to an aromatic ring is 1. The third kappa shape index (κ3) is 2.18. The van der Waals surface area contributed by atoms with Gasteiger partial charge in [-0.3, -0.25) is 0 Å². The molecule has 0 fully saturated rings. The molecule has 0 radical (unpaired) electrons. The van der Waals surface area contributed by atoms with Crippen LogP contribution in [0.15, 0.2) is 48.7 Å². The first-order valence-corrected chi connectivity index (χ1v) is 5.95. The first-order valence-electron chi connectivity index (χ1n) is 5.95. The Morgan fingerprint density at radius 3 is 2.37 bits per heavy atom. The number of aryl methyl sites for hydroxylation is 1. The molecule has 5 nitrogen and oxygen atoms in total. The van der Waals surface area contributed by atoms with Crippen LogP contribution in [0.25, 0.3) is 17.1 Å². The second-order valence-electron chi connectivity index (χ2n) is 4.28. The van der Waals surface area contributed by atoms with Crippen molar-refractivity contribution in [2.45, 2.75) is 6.92 Å². The van der Waals surface area contributed by atoms with Gasteiger partial charge in [-0.1, -0.05) is 30.3 Å². The number of nitrogens with zero attached hydrogens (tertiary/aromatic N) is 4. The minimum Gasteiger partial charge on any atom is -0.382 e. The van der Waals surface area contributed by atoms with Crippen LogP contribution in [-0.2, 0) is 0 Å². The lowest BCUT2D eigenvalue weighted by Gasteiger charge is -2.02.